The van der Waals surface area contributed by atoms with Crippen LogP contribution in [0.2, 0.25) is 0 Å². The predicted octanol–water partition coefficient (Wildman–Crippen LogP) is 4.50. The van der Waals surface area contributed by atoms with Crippen LogP contribution in [0.5, 0.6) is 0 Å². The normalized spacial score (nSPS) is 10.8. The third kappa shape index (κ3) is 3.00. The molecule has 0 spiro atoms. The highest BCUT2D eigenvalue weighted by atomic mass is 32.1. The fraction of sp³-hybridized carbons (Fsp3) is 0. The molecule has 0 unspecified atom stereocenters. The Labute approximate surface area is 152 Å². The van der Waals surface area contributed by atoms with Crippen LogP contribution in [0, 0.1) is 5.82 Å². The summed E-state index contributed by atoms with van der Waals surface area (Å²) in [5.41, 5.74) is 2.80. The molecule has 0 amide bonds. The molecule has 5 nitrogen and oxygen atoms in total. The van der Waals surface area contributed by atoms with E-state index >= 15 is 0 Å². The van der Waals surface area contributed by atoms with Crippen molar-refractivity contribution in [3.63, 3.8) is 0 Å². The molecule has 128 valence electrons. The van der Waals surface area contributed by atoms with Crippen LogP contribution in [0.15, 0.2) is 66.0 Å². The summed E-state index contributed by atoms with van der Waals surface area (Å²) >= 11 is 1.27. The van der Waals surface area contributed by atoms with Gasteiger partial charge in [0.25, 0.3) is 0 Å². The van der Waals surface area contributed by atoms with Crippen molar-refractivity contribution in [2.24, 2.45) is 0 Å². The number of carbonyl (C=O) groups is 1. The summed E-state index contributed by atoms with van der Waals surface area (Å²) in [7, 11) is 0. The molecule has 2 aromatic heterocycles. The maximum absolute atomic E-state index is 13.1. The van der Waals surface area contributed by atoms with Gasteiger partial charge in [0.2, 0.25) is 5.13 Å². The second kappa shape index (κ2) is 6.53. The molecule has 2 heterocycles. The number of nitrogens with zero attached hydrogens (tertiary/aromatic N) is 3. The number of rotatable bonds is 4. The molecule has 0 radical (unpaired) electrons. The molecule has 0 aliphatic rings. The van der Waals surface area contributed by atoms with Gasteiger partial charge in [-0.2, -0.15) is 9.78 Å². The van der Waals surface area contributed by atoms with Gasteiger partial charge in [-0.1, -0.05) is 30.3 Å². The SMILES string of the molecule is O=C(O)c1cc(-c2ccccc2)nn1-c1nc(-c2ccc(F)cc2)cs1. The molecule has 0 aliphatic heterocycles. The van der Waals surface area contributed by atoms with Gasteiger partial charge in [0, 0.05) is 16.5 Å². The molecule has 1 N–H and O–H groups in total. The van der Waals surface area contributed by atoms with E-state index in [1.165, 1.54) is 34.2 Å². The fourth-order valence-electron chi connectivity index (χ4n) is 2.54. The number of carboxylic acid groups (broad SMARTS) is 1. The van der Waals surface area contributed by atoms with Crippen molar-refractivity contribution in [1.29, 1.82) is 0 Å². The van der Waals surface area contributed by atoms with Crippen molar-refractivity contribution >= 4 is 17.3 Å². The van der Waals surface area contributed by atoms with Gasteiger partial charge in [-0.05, 0) is 30.3 Å². The van der Waals surface area contributed by atoms with Crippen molar-refractivity contribution < 1.29 is 14.3 Å². The summed E-state index contributed by atoms with van der Waals surface area (Å²) in [6.07, 6.45) is 0. The molecule has 4 aromatic rings. The van der Waals surface area contributed by atoms with Gasteiger partial charge in [-0.3, -0.25) is 0 Å². The lowest BCUT2D eigenvalue weighted by atomic mass is 10.1. The van der Waals surface area contributed by atoms with Crippen LogP contribution in [0.3, 0.4) is 0 Å². The minimum Gasteiger partial charge on any atom is -0.477 e. The summed E-state index contributed by atoms with van der Waals surface area (Å²) in [5.74, 6) is -1.41. The lowest BCUT2D eigenvalue weighted by molar-refractivity contribution is 0.0687. The Bertz CT molecular complexity index is 1070. The van der Waals surface area contributed by atoms with Gasteiger partial charge >= 0.3 is 5.97 Å². The van der Waals surface area contributed by atoms with Crippen LogP contribution in [-0.2, 0) is 0 Å². The summed E-state index contributed by atoms with van der Waals surface area (Å²) in [6, 6.07) is 16.8. The van der Waals surface area contributed by atoms with E-state index in [-0.39, 0.29) is 11.5 Å². The lowest BCUT2D eigenvalue weighted by Crippen LogP contribution is -2.07. The second-order valence-corrected chi connectivity index (χ2v) is 6.36. The first kappa shape index (κ1) is 16.2. The molecule has 0 bridgehead atoms. The van der Waals surface area contributed by atoms with Gasteiger partial charge in [-0.25, -0.2) is 14.2 Å². The molecule has 0 atom stereocenters. The smallest absolute Gasteiger partial charge is 0.354 e. The van der Waals surface area contributed by atoms with Crippen LogP contribution in [0.4, 0.5) is 4.39 Å². The quantitative estimate of drug-likeness (QED) is 0.578. The molecule has 26 heavy (non-hydrogen) atoms. The van der Waals surface area contributed by atoms with Crippen molar-refractivity contribution in [2.45, 2.75) is 0 Å². The molecule has 0 saturated carbocycles. The third-order valence-corrected chi connectivity index (χ3v) is 4.63. The lowest BCUT2D eigenvalue weighted by Gasteiger charge is -1.99. The summed E-state index contributed by atoms with van der Waals surface area (Å²) < 4.78 is 14.4. The number of aromatic nitrogens is 3. The zero-order valence-electron chi connectivity index (χ0n) is 13.3. The van der Waals surface area contributed by atoms with Crippen molar-refractivity contribution in [3.8, 4) is 27.6 Å². The molecular weight excluding hydrogens is 353 g/mol. The van der Waals surface area contributed by atoms with E-state index in [4.69, 9.17) is 0 Å². The first-order valence-corrected chi connectivity index (χ1v) is 8.60. The maximum atomic E-state index is 13.1. The van der Waals surface area contributed by atoms with E-state index in [0.717, 1.165) is 11.1 Å². The van der Waals surface area contributed by atoms with E-state index in [2.05, 4.69) is 10.1 Å². The molecule has 4 rings (SSSR count). The van der Waals surface area contributed by atoms with E-state index < -0.39 is 5.97 Å². The van der Waals surface area contributed by atoms with Gasteiger partial charge < -0.3 is 5.11 Å². The first-order valence-electron chi connectivity index (χ1n) is 7.72. The molecule has 0 fully saturated rings. The molecule has 0 saturated heterocycles. The Balaban J connectivity index is 1.77. The van der Waals surface area contributed by atoms with Gasteiger partial charge in [0.05, 0.1) is 11.4 Å². The Morgan fingerprint density at radius 3 is 2.38 bits per heavy atom. The van der Waals surface area contributed by atoms with E-state index in [0.29, 0.717) is 16.5 Å². The number of hydrogen-bond acceptors (Lipinski definition) is 4. The average molecular weight is 365 g/mol. The summed E-state index contributed by atoms with van der Waals surface area (Å²) in [4.78, 5) is 16.1. The van der Waals surface area contributed by atoms with Crippen LogP contribution in [-0.4, -0.2) is 25.8 Å². The van der Waals surface area contributed by atoms with Crippen LogP contribution in [0.25, 0.3) is 27.6 Å². The monoisotopic (exact) mass is 365 g/mol. The zero-order valence-corrected chi connectivity index (χ0v) is 14.2. The molecule has 7 heteroatoms. The van der Waals surface area contributed by atoms with Gasteiger partial charge in [0.15, 0.2) is 5.69 Å². The van der Waals surface area contributed by atoms with E-state index in [1.807, 2.05) is 30.3 Å². The summed E-state index contributed by atoms with van der Waals surface area (Å²) in [6.45, 7) is 0. The van der Waals surface area contributed by atoms with Crippen molar-refractivity contribution in [3.05, 3.63) is 77.6 Å². The minimum atomic E-state index is -1.08. The number of aromatic carboxylic acids is 1. The number of thiazole rings is 1. The van der Waals surface area contributed by atoms with Crippen LogP contribution >= 0.6 is 11.3 Å². The van der Waals surface area contributed by atoms with Gasteiger partial charge in [-0.15, -0.1) is 11.3 Å². The van der Waals surface area contributed by atoms with E-state index in [1.54, 1.807) is 17.5 Å². The molecule has 2 aromatic carbocycles. The first-order chi connectivity index (χ1) is 12.6. The Morgan fingerprint density at radius 1 is 1.00 bits per heavy atom. The molecular formula is C19H12FN3O2S. The Morgan fingerprint density at radius 2 is 1.69 bits per heavy atom. The minimum absolute atomic E-state index is 0.0314. The highest BCUT2D eigenvalue weighted by Crippen LogP contribution is 2.27. The van der Waals surface area contributed by atoms with Gasteiger partial charge in [0.1, 0.15) is 5.82 Å². The highest BCUT2D eigenvalue weighted by Gasteiger charge is 2.19. The number of hydrogen-bond donors (Lipinski definition) is 1. The van der Waals surface area contributed by atoms with Crippen molar-refractivity contribution in [2.75, 3.05) is 0 Å². The van der Waals surface area contributed by atoms with Crippen LogP contribution in [0.1, 0.15) is 10.5 Å². The zero-order chi connectivity index (χ0) is 18.1. The standard InChI is InChI=1S/C19H12FN3O2S/c20-14-8-6-13(7-9-14)16-11-26-19(21-16)23-17(18(24)25)10-15(22-23)12-4-2-1-3-5-12/h1-11H,(H,24,25). The largest absolute Gasteiger partial charge is 0.477 e. The molecule has 0 aliphatic carbocycles. The maximum Gasteiger partial charge on any atom is 0.354 e. The Kier molecular flexibility index (Phi) is 4.06. The fourth-order valence-corrected chi connectivity index (χ4v) is 3.34. The third-order valence-electron chi connectivity index (χ3n) is 3.81. The second-order valence-electron chi connectivity index (χ2n) is 5.52. The number of benzene rings is 2. The number of halogens is 1. The van der Waals surface area contributed by atoms with Crippen molar-refractivity contribution in [1.82, 2.24) is 14.8 Å². The Hall–Kier alpha value is -3.32. The predicted molar refractivity (Wildman–Crippen MR) is 97.0 cm³/mol. The van der Waals surface area contributed by atoms with E-state index in [9.17, 15) is 14.3 Å². The van der Waals surface area contributed by atoms with Crippen LogP contribution < -0.4 is 0 Å². The topological polar surface area (TPSA) is 68.0 Å². The number of carboxylic acids is 1. The highest BCUT2D eigenvalue weighted by molar-refractivity contribution is 7.12. The summed E-state index contributed by atoms with van der Waals surface area (Å²) in [5, 5.41) is 16.2. The average Bonchev–Trinajstić information content (AvgIpc) is 3.30.